The van der Waals surface area contributed by atoms with Crippen LogP contribution in [0.2, 0.25) is 0 Å². The molecule has 0 saturated heterocycles. The monoisotopic (exact) mass is 276 g/mol. The molecule has 0 aromatic rings. The predicted molar refractivity (Wildman–Crippen MR) is 65.8 cm³/mol. The lowest BCUT2D eigenvalue weighted by Gasteiger charge is -2.18. The van der Waals surface area contributed by atoms with Gasteiger partial charge in [0.1, 0.15) is 6.54 Å². The molecule has 0 aliphatic carbocycles. The number of amides is 2. The highest BCUT2D eigenvalue weighted by atomic mass is 32.2. The zero-order valence-corrected chi connectivity index (χ0v) is 10.9. The number of terminal acetylenes is 1. The lowest BCUT2D eigenvalue weighted by atomic mass is 10.5. The second kappa shape index (κ2) is 7.55. The summed E-state index contributed by atoms with van der Waals surface area (Å²) in [6, 6.07) is -0.693. The Balaban J connectivity index is 4.28. The summed E-state index contributed by atoms with van der Waals surface area (Å²) in [5.41, 5.74) is 0. The van der Waals surface area contributed by atoms with Gasteiger partial charge in [-0.2, -0.15) is 0 Å². The van der Waals surface area contributed by atoms with E-state index in [9.17, 15) is 18.0 Å². The molecule has 18 heavy (non-hydrogen) atoms. The van der Waals surface area contributed by atoms with E-state index in [2.05, 4.69) is 11.2 Å². The molecule has 102 valence electrons. The summed E-state index contributed by atoms with van der Waals surface area (Å²) in [6.07, 6.45) is 5.00. The molecule has 0 rings (SSSR count). The van der Waals surface area contributed by atoms with Gasteiger partial charge in [0, 0.05) is 12.3 Å². The maximum Gasteiger partial charge on any atom is 0.323 e. The van der Waals surface area contributed by atoms with Crippen molar-refractivity contribution in [3.63, 3.8) is 0 Å². The van der Waals surface area contributed by atoms with E-state index in [0.29, 0.717) is 0 Å². The number of sulfone groups is 1. The molecule has 0 fully saturated rings. The third-order valence-electron chi connectivity index (χ3n) is 2.02. The zero-order valence-electron chi connectivity index (χ0n) is 10.0. The summed E-state index contributed by atoms with van der Waals surface area (Å²) < 4.78 is 22.3. The molecule has 0 aromatic carbocycles. The molecule has 2 N–H and O–H groups in total. The predicted octanol–water partition coefficient (Wildman–Crippen LogP) is -0.849. The van der Waals surface area contributed by atoms with Gasteiger partial charge in [-0.05, 0) is 0 Å². The van der Waals surface area contributed by atoms with Gasteiger partial charge in [0.05, 0.1) is 12.3 Å². The van der Waals surface area contributed by atoms with Gasteiger partial charge in [-0.1, -0.05) is 12.8 Å². The maximum atomic E-state index is 11.5. The minimum absolute atomic E-state index is 0.00787. The minimum atomic E-state index is -3.17. The third kappa shape index (κ3) is 6.75. The second-order valence-corrected chi connectivity index (χ2v) is 5.89. The van der Waals surface area contributed by atoms with Crippen LogP contribution in [0, 0.1) is 12.3 Å². The first-order valence-electron chi connectivity index (χ1n) is 5.21. The van der Waals surface area contributed by atoms with E-state index < -0.39 is 28.4 Å². The van der Waals surface area contributed by atoms with Gasteiger partial charge in [-0.15, -0.1) is 6.42 Å². The number of hydrogen-bond acceptors (Lipinski definition) is 4. The zero-order chi connectivity index (χ0) is 14.2. The number of nitrogens with one attached hydrogen (secondary N) is 1. The minimum Gasteiger partial charge on any atom is -0.480 e. The fourth-order valence-corrected chi connectivity index (χ4v) is 1.74. The number of carboxylic acids is 1. The van der Waals surface area contributed by atoms with Gasteiger partial charge in [-0.3, -0.25) is 4.79 Å². The van der Waals surface area contributed by atoms with Gasteiger partial charge in [0.2, 0.25) is 0 Å². The van der Waals surface area contributed by atoms with E-state index in [1.54, 1.807) is 0 Å². The van der Waals surface area contributed by atoms with Gasteiger partial charge in [-0.25, -0.2) is 13.2 Å². The molecule has 7 nitrogen and oxygen atoms in total. The van der Waals surface area contributed by atoms with Crippen LogP contribution in [0.15, 0.2) is 0 Å². The number of hydrogen-bond donors (Lipinski definition) is 2. The summed E-state index contributed by atoms with van der Waals surface area (Å²) >= 11 is 0. The summed E-state index contributed by atoms with van der Waals surface area (Å²) in [5.74, 6) is 0.766. The molecule has 8 heteroatoms. The number of aliphatic carboxylic acids is 1. The lowest BCUT2D eigenvalue weighted by Crippen LogP contribution is -2.44. The summed E-state index contributed by atoms with van der Waals surface area (Å²) in [7, 11) is -3.17. The Morgan fingerprint density at radius 2 is 2.06 bits per heavy atom. The largest absolute Gasteiger partial charge is 0.480 e. The molecular weight excluding hydrogens is 260 g/mol. The second-order valence-electron chi connectivity index (χ2n) is 3.42. The molecule has 0 unspecified atom stereocenters. The van der Waals surface area contributed by atoms with E-state index in [1.807, 2.05) is 0 Å². The average molecular weight is 276 g/mol. The van der Waals surface area contributed by atoms with Crippen molar-refractivity contribution in [2.45, 2.75) is 6.92 Å². The number of urea groups is 1. The first-order chi connectivity index (χ1) is 8.32. The molecule has 0 spiro atoms. The van der Waals surface area contributed by atoms with Crippen LogP contribution < -0.4 is 5.32 Å². The van der Waals surface area contributed by atoms with E-state index in [1.165, 1.54) is 6.92 Å². The van der Waals surface area contributed by atoms with Crippen molar-refractivity contribution in [1.82, 2.24) is 10.2 Å². The highest BCUT2D eigenvalue weighted by Crippen LogP contribution is 1.91. The average Bonchev–Trinajstić information content (AvgIpc) is 2.27. The molecule has 0 bridgehead atoms. The van der Waals surface area contributed by atoms with Crippen LogP contribution in [0.5, 0.6) is 0 Å². The van der Waals surface area contributed by atoms with E-state index in [4.69, 9.17) is 11.5 Å². The number of rotatable bonds is 7. The van der Waals surface area contributed by atoms with Crippen molar-refractivity contribution in [2.75, 3.05) is 31.1 Å². The summed E-state index contributed by atoms with van der Waals surface area (Å²) in [6.45, 7) is 0.747. The maximum absolute atomic E-state index is 11.5. The van der Waals surface area contributed by atoms with Gasteiger partial charge >= 0.3 is 12.0 Å². The fourth-order valence-electron chi connectivity index (χ4n) is 1.04. The highest BCUT2D eigenvalue weighted by Gasteiger charge is 2.16. The topological polar surface area (TPSA) is 104 Å². The van der Waals surface area contributed by atoms with Crippen LogP contribution in [0.3, 0.4) is 0 Å². The van der Waals surface area contributed by atoms with Crippen molar-refractivity contribution in [1.29, 1.82) is 0 Å². The standard InChI is InChI=1S/C10H16N2O5S/c1-3-6-12(8-9(13)14)10(15)11-5-7-18(16,17)4-2/h1H,4-8H2,2H3,(H,11,15)(H,13,14). The Morgan fingerprint density at radius 3 is 2.50 bits per heavy atom. The van der Waals surface area contributed by atoms with Gasteiger partial charge < -0.3 is 15.3 Å². The number of nitrogens with zero attached hydrogens (tertiary/aromatic N) is 1. The molecule has 0 atom stereocenters. The van der Waals surface area contributed by atoms with Crippen LogP contribution in [-0.2, 0) is 14.6 Å². The first kappa shape index (κ1) is 16.2. The number of carbonyl (C=O) groups is 2. The van der Waals surface area contributed by atoms with Crippen molar-refractivity contribution >= 4 is 21.8 Å². The molecular formula is C10H16N2O5S. The number of carboxylic acid groups (broad SMARTS) is 1. The summed E-state index contributed by atoms with van der Waals surface area (Å²) in [4.78, 5) is 22.9. The molecule has 0 aliphatic heterocycles. The van der Waals surface area contributed by atoms with E-state index in [-0.39, 0.29) is 24.6 Å². The Kier molecular flexibility index (Phi) is 6.82. The van der Waals surface area contributed by atoms with Crippen LogP contribution >= 0.6 is 0 Å². The molecule has 0 aliphatic rings. The normalized spacial score (nSPS) is 10.4. The van der Waals surface area contributed by atoms with Gasteiger partial charge in [0.15, 0.2) is 9.84 Å². The SMILES string of the molecule is C#CCN(CC(=O)O)C(=O)NCCS(=O)(=O)CC. The Bertz CT molecular complexity index is 438. The van der Waals surface area contributed by atoms with E-state index >= 15 is 0 Å². The third-order valence-corrected chi connectivity index (χ3v) is 3.73. The number of carbonyl (C=O) groups excluding carboxylic acids is 1. The molecule has 2 amide bonds. The summed E-state index contributed by atoms with van der Waals surface area (Å²) in [5, 5.41) is 10.9. The Morgan fingerprint density at radius 1 is 1.44 bits per heavy atom. The molecule has 0 saturated carbocycles. The van der Waals surface area contributed by atoms with Crippen LogP contribution in [0.4, 0.5) is 4.79 Å². The molecule has 0 aromatic heterocycles. The molecule has 0 radical (unpaired) electrons. The smallest absolute Gasteiger partial charge is 0.323 e. The fraction of sp³-hybridized carbons (Fsp3) is 0.600. The van der Waals surface area contributed by atoms with Crippen molar-refractivity contribution < 1.29 is 23.1 Å². The quantitative estimate of drug-likeness (QED) is 0.589. The van der Waals surface area contributed by atoms with Crippen LogP contribution in [-0.4, -0.2) is 61.6 Å². The van der Waals surface area contributed by atoms with Crippen molar-refractivity contribution in [3.8, 4) is 12.3 Å². The lowest BCUT2D eigenvalue weighted by molar-refractivity contribution is -0.137. The van der Waals surface area contributed by atoms with Crippen LogP contribution in [0.1, 0.15) is 6.92 Å². The highest BCUT2D eigenvalue weighted by molar-refractivity contribution is 7.91. The Labute approximate surface area is 106 Å². The van der Waals surface area contributed by atoms with Gasteiger partial charge in [0.25, 0.3) is 0 Å². The van der Waals surface area contributed by atoms with Crippen LogP contribution in [0.25, 0.3) is 0 Å². The van der Waals surface area contributed by atoms with Crippen molar-refractivity contribution in [2.24, 2.45) is 0 Å². The van der Waals surface area contributed by atoms with Crippen molar-refractivity contribution in [3.05, 3.63) is 0 Å². The Hall–Kier alpha value is -1.75. The molecule has 0 heterocycles. The van der Waals surface area contributed by atoms with E-state index in [0.717, 1.165) is 4.90 Å². The first-order valence-corrected chi connectivity index (χ1v) is 7.03.